The summed E-state index contributed by atoms with van der Waals surface area (Å²) >= 11 is 0. The van der Waals surface area contributed by atoms with E-state index in [1.165, 1.54) is 0 Å². The van der Waals surface area contributed by atoms with Crippen LogP contribution in [0.3, 0.4) is 0 Å². The van der Waals surface area contributed by atoms with Gasteiger partial charge >= 0.3 is 11.8 Å². The van der Waals surface area contributed by atoms with Gasteiger partial charge in [0.1, 0.15) is 13.2 Å². The molecule has 25 heavy (non-hydrogen) atoms. The number of nitrogens with zero attached hydrogens (tertiary/aromatic N) is 2. The third-order valence-electron chi connectivity index (χ3n) is 3.72. The van der Waals surface area contributed by atoms with E-state index in [0.29, 0.717) is 43.5 Å². The molecule has 0 atom stereocenters. The fourth-order valence-corrected chi connectivity index (χ4v) is 2.57. The number of aromatic nitrogens is 2. The number of hydrogen-bond acceptors (Lipinski definition) is 5. The van der Waals surface area contributed by atoms with E-state index in [9.17, 15) is 9.59 Å². The van der Waals surface area contributed by atoms with E-state index in [2.05, 4.69) is 15.7 Å². The normalized spacial score (nSPS) is 12.6. The van der Waals surface area contributed by atoms with Crippen molar-refractivity contribution in [3.63, 3.8) is 0 Å². The third-order valence-corrected chi connectivity index (χ3v) is 3.72. The molecule has 0 saturated carbocycles. The average molecular weight is 344 g/mol. The lowest BCUT2D eigenvalue weighted by molar-refractivity contribution is -0.136. The maximum atomic E-state index is 12.0. The SMILES string of the molecule is Cc1cc(C)n(CCNC(=O)C(=O)Nc2ccc3c(c2)OCCO3)n1. The summed E-state index contributed by atoms with van der Waals surface area (Å²) < 4.78 is 12.6. The van der Waals surface area contributed by atoms with Gasteiger partial charge in [0.05, 0.1) is 12.2 Å². The van der Waals surface area contributed by atoms with Crippen LogP contribution in [-0.4, -0.2) is 41.4 Å². The maximum Gasteiger partial charge on any atom is 0.313 e. The summed E-state index contributed by atoms with van der Waals surface area (Å²) in [5.74, 6) is -0.256. The molecule has 2 aromatic rings. The van der Waals surface area contributed by atoms with Gasteiger partial charge in [0.2, 0.25) is 0 Å². The Kier molecular flexibility index (Phi) is 4.87. The van der Waals surface area contributed by atoms with Crippen molar-refractivity contribution in [2.24, 2.45) is 0 Å². The molecule has 0 radical (unpaired) electrons. The molecule has 2 amide bonds. The fraction of sp³-hybridized carbons (Fsp3) is 0.353. The number of benzene rings is 1. The van der Waals surface area contributed by atoms with Crippen molar-refractivity contribution >= 4 is 17.5 Å². The zero-order chi connectivity index (χ0) is 17.8. The molecular formula is C17H20N4O4. The molecule has 0 unspecified atom stereocenters. The van der Waals surface area contributed by atoms with Crippen molar-refractivity contribution < 1.29 is 19.1 Å². The van der Waals surface area contributed by atoms with E-state index in [1.807, 2.05) is 19.9 Å². The number of amides is 2. The molecule has 0 fully saturated rings. The predicted octanol–water partition coefficient (Wildman–Crippen LogP) is 1.03. The number of ether oxygens (including phenoxy) is 2. The van der Waals surface area contributed by atoms with E-state index in [-0.39, 0.29) is 0 Å². The second-order valence-electron chi connectivity index (χ2n) is 5.72. The molecule has 1 aromatic heterocycles. The second-order valence-corrected chi connectivity index (χ2v) is 5.72. The van der Waals surface area contributed by atoms with Crippen LogP contribution in [0.15, 0.2) is 24.3 Å². The Morgan fingerprint density at radius 1 is 1.12 bits per heavy atom. The summed E-state index contributed by atoms with van der Waals surface area (Å²) in [6, 6.07) is 6.95. The van der Waals surface area contributed by atoms with E-state index < -0.39 is 11.8 Å². The number of nitrogens with one attached hydrogen (secondary N) is 2. The van der Waals surface area contributed by atoms with Crippen molar-refractivity contribution in [1.82, 2.24) is 15.1 Å². The monoisotopic (exact) mass is 344 g/mol. The molecule has 3 rings (SSSR count). The number of fused-ring (bicyclic) bond motifs is 1. The van der Waals surface area contributed by atoms with Crippen molar-refractivity contribution in [1.29, 1.82) is 0 Å². The second kappa shape index (κ2) is 7.25. The first-order chi connectivity index (χ1) is 12.0. The van der Waals surface area contributed by atoms with Gasteiger partial charge in [-0.25, -0.2) is 0 Å². The van der Waals surface area contributed by atoms with Crippen LogP contribution in [0.25, 0.3) is 0 Å². The molecule has 132 valence electrons. The number of carbonyl (C=O) groups is 2. The lowest BCUT2D eigenvalue weighted by atomic mass is 10.2. The van der Waals surface area contributed by atoms with Gasteiger partial charge in [-0.15, -0.1) is 0 Å². The van der Waals surface area contributed by atoms with Crippen LogP contribution < -0.4 is 20.1 Å². The van der Waals surface area contributed by atoms with E-state index in [0.717, 1.165) is 11.4 Å². The van der Waals surface area contributed by atoms with Crippen molar-refractivity contribution in [3.8, 4) is 11.5 Å². The third kappa shape index (κ3) is 4.09. The largest absolute Gasteiger partial charge is 0.486 e. The van der Waals surface area contributed by atoms with Gasteiger partial charge in [-0.1, -0.05) is 0 Å². The number of rotatable bonds is 4. The Balaban J connectivity index is 1.51. The zero-order valence-corrected chi connectivity index (χ0v) is 14.2. The first kappa shape index (κ1) is 16.8. The van der Waals surface area contributed by atoms with Gasteiger partial charge in [0.25, 0.3) is 0 Å². The Morgan fingerprint density at radius 2 is 1.88 bits per heavy atom. The van der Waals surface area contributed by atoms with Crippen LogP contribution >= 0.6 is 0 Å². The van der Waals surface area contributed by atoms with Gasteiger partial charge in [-0.2, -0.15) is 5.10 Å². The van der Waals surface area contributed by atoms with Crippen molar-refractivity contribution in [2.45, 2.75) is 20.4 Å². The van der Waals surface area contributed by atoms with Crippen LogP contribution in [0.1, 0.15) is 11.4 Å². The molecule has 2 N–H and O–H groups in total. The van der Waals surface area contributed by atoms with Crippen molar-refractivity contribution in [3.05, 3.63) is 35.7 Å². The highest BCUT2D eigenvalue weighted by atomic mass is 16.6. The van der Waals surface area contributed by atoms with Crippen molar-refractivity contribution in [2.75, 3.05) is 25.1 Å². The number of hydrogen-bond donors (Lipinski definition) is 2. The summed E-state index contributed by atoms with van der Waals surface area (Å²) in [6.07, 6.45) is 0. The summed E-state index contributed by atoms with van der Waals surface area (Å²) in [5.41, 5.74) is 2.40. The van der Waals surface area contributed by atoms with E-state index in [4.69, 9.17) is 9.47 Å². The molecule has 1 aromatic carbocycles. The minimum atomic E-state index is -0.731. The summed E-state index contributed by atoms with van der Waals surface area (Å²) in [4.78, 5) is 23.9. The van der Waals surface area contributed by atoms with Crippen LogP contribution in [-0.2, 0) is 16.1 Å². The first-order valence-electron chi connectivity index (χ1n) is 8.03. The molecule has 2 heterocycles. The standard InChI is InChI=1S/C17H20N4O4/c1-11-9-12(2)21(20-11)6-5-18-16(22)17(23)19-13-3-4-14-15(10-13)25-8-7-24-14/h3-4,9-10H,5-8H2,1-2H3,(H,18,22)(H,19,23). The first-order valence-corrected chi connectivity index (χ1v) is 8.03. The number of anilines is 1. The fourth-order valence-electron chi connectivity index (χ4n) is 2.57. The molecule has 0 aliphatic carbocycles. The van der Waals surface area contributed by atoms with Crippen LogP contribution in [0.4, 0.5) is 5.69 Å². The summed E-state index contributed by atoms with van der Waals surface area (Å²) in [7, 11) is 0. The lowest BCUT2D eigenvalue weighted by Gasteiger charge is -2.18. The quantitative estimate of drug-likeness (QED) is 0.808. The van der Waals surface area contributed by atoms with Crippen LogP contribution in [0.2, 0.25) is 0 Å². The molecular weight excluding hydrogens is 324 g/mol. The van der Waals surface area contributed by atoms with Crippen LogP contribution in [0, 0.1) is 13.8 Å². The molecule has 0 saturated heterocycles. The van der Waals surface area contributed by atoms with Gasteiger partial charge < -0.3 is 20.1 Å². The highest BCUT2D eigenvalue weighted by Gasteiger charge is 2.16. The van der Waals surface area contributed by atoms with E-state index in [1.54, 1.807) is 22.9 Å². The van der Waals surface area contributed by atoms with Crippen LogP contribution in [0.5, 0.6) is 11.5 Å². The molecule has 8 heteroatoms. The van der Waals surface area contributed by atoms with Gasteiger partial charge in [-0.3, -0.25) is 14.3 Å². The number of aryl methyl sites for hydroxylation is 2. The highest BCUT2D eigenvalue weighted by Crippen LogP contribution is 2.32. The average Bonchev–Trinajstić information content (AvgIpc) is 2.92. The Bertz CT molecular complexity index is 800. The van der Waals surface area contributed by atoms with Gasteiger partial charge in [0, 0.05) is 24.0 Å². The number of carbonyl (C=O) groups excluding carboxylic acids is 2. The Morgan fingerprint density at radius 3 is 2.60 bits per heavy atom. The highest BCUT2D eigenvalue weighted by molar-refractivity contribution is 6.39. The molecule has 0 spiro atoms. The molecule has 0 bridgehead atoms. The molecule has 8 nitrogen and oxygen atoms in total. The topological polar surface area (TPSA) is 94.5 Å². The Labute approximate surface area is 145 Å². The smallest absolute Gasteiger partial charge is 0.313 e. The minimum absolute atomic E-state index is 0.315. The maximum absolute atomic E-state index is 12.0. The predicted molar refractivity (Wildman–Crippen MR) is 90.8 cm³/mol. The Hall–Kier alpha value is -3.03. The van der Waals surface area contributed by atoms with Gasteiger partial charge in [-0.05, 0) is 32.0 Å². The van der Waals surface area contributed by atoms with Gasteiger partial charge in [0.15, 0.2) is 11.5 Å². The molecule has 1 aliphatic rings. The lowest BCUT2D eigenvalue weighted by Crippen LogP contribution is -2.37. The zero-order valence-electron chi connectivity index (χ0n) is 14.2. The minimum Gasteiger partial charge on any atom is -0.486 e. The summed E-state index contributed by atoms with van der Waals surface area (Å²) in [5, 5.41) is 9.43. The van der Waals surface area contributed by atoms with E-state index >= 15 is 0 Å². The summed E-state index contributed by atoms with van der Waals surface area (Å²) in [6.45, 7) is 5.62. The molecule has 1 aliphatic heterocycles.